The van der Waals surface area contributed by atoms with Crippen LogP contribution < -0.4 is 0 Å². The largest absolute Gasteiger partial charge is 0.312 e. The highest BCUT2D eigenvalue weighted by Gasteiger charge is 2.28. The van der Waals surface area contributed by atoms with Crippen molar-refractivity contribution >= 4 is 115 Å². The molecule has 8 nitrogen and oxygen atoms in total. The third-order valence-corrected chi connectivity index (χ3v) is 18.7. The van der Waals surface area contributed by atoms with Crippen molar-refractivity contribution in [3.63, 3.8) is 0 Å². The second-order valence-electron chi connectivity index (χ2n) is 23.6. The van der Waals surface area contributed by atoms with Crippen LogP contribution in [0.2, 0.25) is 0 Å². The molecule has 6 heterocycles. The number of hydrogen-bond donors (Lipinski definition) is 0. The fourth-order valence-corrected chi connectivity index (χ4v) is 14.7. The van der Waals surface area contributed by atoms with Gasteiger partial charge >= 0.3 is 0 Å². The van der Waals surface area contributed by atoms with Gasteiger partial charge in [0.25, 0.3) is 0 Å². The van der Waals surface area contributed by atoms with E-state index >= 15 is 0 Å². The van der Waals surface area contributed by atoms with Gasteiger partial charge in [-0.25, -0.2) is 19.9 Å². The first-order valence-electron chi connectivity index (χ1n) is 30.8. The summed E-state index contributed by atoms with van der Waals surface area (Å²) >= 11 is 0. The molecule has 19 rings (SSSR count). The smallest absolute Gasteiger partial charge is 0.165 e. The highest BCUT2D eigenvalue weighted by Crippen LogP contribution is 2.47. The summed E-state index contributed by atoms with van der Waals surface area (Å²) in [6.45, 7) is 0. The lowest BCUT2D eigenvalue weighted by Gasteiger charge is -2.21. The molecule has 0 fully saturated rings. The van der Waals surface area contributed by atoms with Crippen molar-refractivity contribution in [2.75, 3.05) is 0 Å². The summed E-state index contributed by atoms with van der Waals surface area (Å²) in [6, 6.07) is 100. The summed E-state index contributed by atoms with van der Waals surface area (Å²) in [5, 5.41) is 10.6. The van der Waals surface area contributed by atoms with Gasteiger partial charge in [-0.3, -0.25) is 4.57 Å². The van der Waals surface area contributed by atoms with Gasteiger partial charge in [-0.1, -0.05) is 206 Å². The van der Waals surface area contributed by atoms with Gasteiger partial charge in [0.15, 0.2) is 5.82 Å². The Morgan fingerprint density at radius 1 is 0.300 bits per heavy atom. The number of allylic oxidation sites excluding steroid dienone is 4. The standard InChI is InChI=1S/C82H52N8/c1-3-21-52(22-4-1)78-82(85-68-36-14-13-35-67(68)83-78)90-70-38-16-9-30-60(70)62-46-48-74-76(80(62)90)65-33-11-18-40-72(65)88(74)57-43-41-51(42-44-57)53-23-19-24-54(49-53)77-63-31-7-12-34-66(63)84-81(86-77)55-25-20-28-58(50-55)89-69-37-15-8-29-59(69)61-45-47-73-75(79(61)89)64-32-10-17-39-71(64)87(73)56-26-5-2-6-27-56/h1-49,55H,50H2. The zero-order chi connectivity index (χ0) is 59.0. The summed E-state index contributed by atoms with van der Waals surface area (Å²) in [6.07, 6.45) is 7.50. The Morgan fingerprint density at radius 3 is 1.46 bits per heavy atom. The van der Waals surface area contributed by atoms with Crippen LogP contribution in [0.25, 0.3) is 166 Å². The maximum atomic E-state index is 5.58. The van der Waals surface area contributed by atoms with Gasteiger partial charge in [0, 0.05) is 89.0 Å². The molecule has 12 aromatic carbocycles. The molecule has 1 unspecified atom stereocenters. The first kappa shape index (κ1) is 50.2. The zero-order valence-corrected chi connectivity index (χ0v) is 48.7. The summed E-state index contributed by atoms with van der Waals surface area (Å²) < 4.78 is 9.71. The van der Waals surface area contributed by atoms with E-state index in [1.807, 2.05) is 18.2 Å². The molecule has 0 N–H and O–H groups in total. The minimum atomic E-state index is -0.0791. The SMILES string of the molecule is C1=CC(c2nc(-c3cccc(-c4ccc(-n5c6ccccc6c6c5ccc5c7ccccc7n(-c7nc8ccccc8nc7-c7ccccc7)c56)cc4)c3)c3ccccc3n2)CC(n2c3ccccc3c3ccc4c(c5ccccc5n4-c4ccccc4)c32)=C1. The highest BCUT2D eigenvalue weighted by molar-refractivity contribution is 6.28. The lowest BCUT2D eigenvalue weighted by atomic mass is 9.95. The van der Waals surface area contributed by atoms with Gasteiger partial charge in [0.1, 0.15) is 11.5 Å². The van der Waals surface area contributed by atoms with Crippen LogP contribution in [0.5, 0.6) is 0 Å². The Bertz CT molecular complexity index is 6060. The minimum Gasteiger partial charge on any atom is -0.312 e. The number of aromatic nitrogens is 8. The molecule has 1 aliphatic carbocycles. The first-order valence-corrected chi connectivity index (χ1v) is 30.8. The topological polar surface area (TPSA) is 71.3 Å². The maximum Gasteiger partial charge on any atom is 0.165 e. The fourth-order valence-electron chi connectivity index (χ4n) is 14.7. The monoisotopic (exact) mass is 1150 g/mol. The molecule has 0 bridgehead atoms. The Morgan fingerprint density at radius 2 is 0.800 bits per heavy atom. The molecule has 1 aliphatic rings. The second kappa shape index (κ2) is 19.8. The predicted molar refractivity (Wildman–Crippen MR) is 372 cm³/mol. The molecule has 90 heavy (non-hydrogen) atoms. The van der Waals surface area contributed by atoms with Gasteiger partial charge in [0.05, 0.1) is 66.4 Å². The van der Waals surface area contributed by atoms with Gasteiger partial charge in [-0.15, -0.1) is 0 Å². The lowest BCUT2D eigenvalue weighted by Crippen LogP contribution is -2.10. The van der Waals surface area contributed by atoms with Crippen molar-refractivity contribution in [3.05, 3.63) is 303 Å². The van der Waals surface area contributed by atoms with Crippen LogP contribution in [0.3, 0.4) is 0 Å². The van der Waals surface area contributed by atoms with E-state index in [-0.39, 0.29) is 5.92 Å². The molecule has 0 saturated heterocycles. The average molecular weight is 1150 g/mol. The van der Waals surface area contributed by atoms with Crippen molar-refractivity contribution in [1.82, 2.24) is 38.2 Å². The Hall–Kier alpha value is -12.0. The van der Waals surface area contributed by atoms with Crippen LogP contribution >= 0.6 is 0 Å². The number of para-hydroxylation sites is 8. The Kier molecular flexibility index (Phi) is 11.0. The molecular formula is C82H52N8. The molecule has 0 amide bonds. The van der Waals surface area contributed by atoms with Crippen molar-refractivity contribution in [3.8, 4) is 50.8 Å². The number of hydrogen-bond acceptors (Lipinski definition) is 4. The maximum absolute atomic E-state index is 5.58. The quantitative estimate of drug-likeness (QED) is 0.152. The van der Waals surface area contributed by atoms with E-state index in [2.05, 4.69) is 297 Å². The summed E-state index contributed by atoms with van der Waals surface area (Å²) in [5.41, 5.74) is 21.3. The van der Waals surface area contributed by atoms with Crippen LogP contribution in [0, 0.1) is 0 Å². The predicted octanol–water partition coefficient (Wildman–Crippen LogP) is 20.6. The number of nitrogens with zero attached hydrogens (tertiary/aromatic N) is 8. The van der Waals surface area contributed by atoms with Crippen LogP contribution in [0.4, 0.5) is 0 Å². The molecule has 8 heteroatoms. The first-order chi connectivity index (χ1) is 44.7. The fraction of sp³-hybridized carbons (Fsp3) is 0.0244. The average Bonchev–Trinajstić information content (AvgIpc) is 1.56. The summed E-state index contributed by atoms with van der Waals surface area (Å²) in [5.74, 6) is 1.52. The van der Waals surface area contributed by atoms with Gasteiger partial charge in [0.2, 0.25) is 0 Å². The molecule has 420 valence electrons. The molecule has 0 radical (unpaired) electrons. The van der Waals surface area contributed by atoms with Crippen LogP contribution in [0.1, 0.15) is 18.2 Å². The zero-order valence-electron chi connectivity index (χ0n) is 48.7. The van der Waals surface area contributed by atoms with Crippen molar-refractivity contribution in [2.24, 2.45) is 0 Å². The van der Waals surface area contributed by atoms with E-state index in [0.29, 0.717) is 0 Å². The lowest BCUT2D eigenvalue weighted by molar-refractivity contribution is 0.773. The minimum absolute atomic E-state index is 0.0791. The summed E-state index contributed by atoms with van der Waals surface area (Å²) in [4.78, 5) is 21.8. The highest BCUT2D eigenvalue weighted by atomic mass is 15.1. The van der Waals surface area contributed by atoms with Gasteiger partial charge < -0.3 is 13.7 Å². The summed E-state index contributed by atoms with van der Waals surface area (Å²) in [7, 11) is 0. The van der Waals surface area contributed by atoms with Crippen molar-refractivity contribution < 1.29 is 0 Å². The molecular weight excluding hydrogens is 1100 g/mol. The number of rotatable bonds is 8. The number of fused-ring (bicyclic) bond motifs is 16. The molecule has 18 aromatic rings. The molecule has 0 spiro atoms. The van der Waals surface area contributed by atoms with Crippen LogP contribution in [0.15, 0.2) is 297 Å². The Labute approximate surface area is 516 Å². The molecule has 0 saturated carbocycles. The van der Waals surface area contributed by atoms with E-state index in [0.717, 1.165) is 129 Å². The van der Waals surface area contributed by atoms with E-state index in [1.165, 1.54) is 49.3 Å². The molecule has 6 aromatic heterocycles. The van der Waals surface area contributed by atoms with Gasteiger partial charge in [-0.2, -0.15) is 0 Å². The van der Waals surface area contributed by atoms with E-state index in [9.17, 15) is 0 Å². The second-order valence-corrected chi connectivity index (χ2v) is 23.6. The van der Waals surface area contributed by atoms with Crippen molar-refractivity contribution in [2.45, 2.75) is 12.3 Å². The normalized spacial score (nSPS) is 13.6. The van der Waals surface area contributed by atoms with E-state index < -0.39 is 0 Å². The van der Waals surface area contributed by atoms with E-state index in [1.54, 1.807) is 0 Å². The van der Waals surface area contributed by atoms with Crippen LogP contribution in [-0.2, 0) is 0 Å². The van der Waals surface area contributed by atoms with E-state index in [4.69, 9.17) is 19.9 Å². The third-order valence-electron chi connectivity index (χ3n) is 18.7. The molecule has 0 aliphatic heterocycles. The van der Waals surface area contributed by atoms with Crippen LogP contribution in [-0.4, -0.2) is 38.2 Å². The van der Waals surface area contributed by atoms with Gasteiger partial charge in [-0.05, 0) is 102 Å². The number of benzene rings is 12. The third kappa shape index (κ3) is 7.55. The molecule has 1 atom stereocenters. The van der Waals surface area contributed by atoms with Crippen molar-refractivity contribution in [1.29, 1.82) is 0 Å². The Balaban J connectivity index is 0.706.